The van der Waals surface area contributed by atoms with E-state index in [0.29, 0.717) is 5.56 Å². The summed E-state index contributed by atoms with van der Waals surface area (Å²) in [6.07, 6.45) is 0.897. The second-order valence-electron chi connectivity index (χ2n) is 4.17. The molecule has 116 valence electrons. The molecule has 0 spiro atoms. The second-order valence-corrected chi connectivity index (χ2v) is 6.59. The lowest BCUT2D eigenvalue weighted by Gasteiger charge is -2.07. The molecule has 0 aliphatic carbocycles. The van der Waals surface area contributed by atoms with E-state index in [1.165, 1.54) is 18.2 Å². The van der Waals surface area contributed by atoms with Crippen LogP contribution >= 0.6 is 11.6 Å². The van der Waals surface area contributed by atoms with Crippen LogP contribution in [-0.2, 0) is 35.3 Å². The standard InChI is InChI=1S/C13H15ClO6S/c1-3-19-13(16)8-20-12(15)6-9-4-5-10(7-11(9)14)21(2,17)18/h4-5,7H,3,6,8H2,1-2H3. The van der Waals surface area contributed by atoms with Gasteiger partial charge in [-0.05, 0) is 24.6 Å². The van der Waals surface area contributed by atoms with Crippen molar-refractivity contribution in [3.63, 3.8) is 0 Å². The largest absolute Gasteiger partial charge is 0.463 e. The smallest absolute Gasteiger partial charge is 0.344 e. The molecule has 0 N–H and O–H groups in total. The summed E-state index contributed by atoms with van der Waals surface area (Å²) < 4.78 is 32.0. The van der Waals surface area contributed by atoms with Crippen molar-refractivity contribution < 1.29 is 27.5 Å². The predicted molar refractivity (Wildman–Crippen MR) is 75.9 cm³/mol. The molecule has 0 aliphatic rings. The first-order chi connectivity index (χ1) is 9.74. The van der Waals surface area contributed by atoms with Crippen molar-refractivity contribution in [2.75, 3.05) is 19.5 Å². The Kier molecular flexibility index (Phi) is 6.17. The Morgan fingerprint density at radius 3 is 2.38 bits per heavy atom. The van der Waals surface area contributed by atoms with Crippen LogP contribution in [0.2, 0.25) is 5.02 Å². The maximum absolute atomic E-state index is 11.5. The number of sulfone groups is 1. The quantitative estimate of drug-likeness (QED) is 0.731. The number of carbonyl (C=O) groups excluding carboxylic acids is 2. The van der Waals surface area contributed by atoms with Gasteiger partial charge in [0.1, 0.15) is 0 Å². The molecule has 6 nitrogen and oxygen atoms in total. The summed E-state index contributed by atoms with van der Waals surface area (Å²) in [6, 6.07) is 4.06. The Balaban J connectivity index is 2.67. The normalized spacial score (nSPS) is 11.0. The van der Waals surface area contributed by atoms with Gasteiger partial charge in [-0.25, -0.2) is 13.2 Å². The summed E-state index contributed by atoms with van der Waals surface area (Å²) in [4.78, 5) is 22.6. The van der Waals surface area contributed by atoms with Crippen LogP contribution in [0.1, 0.15) is 12.5 Å². The van der Waals surface area contributed by atoms with Gasteiger partial charge in [0, 0.05) is 11.3 Å². The van der Waals surface area contributed by atoms with Gasteiger partial charge in [-0.2, -0.15) is 0 Å². The molecular weight excluding hydrogens is 320 g/mol. The lowest BCUT2D eigenvalue weighted by Crippen LogP contribution is -2.17. The van der Waals surface area contributed by atoms with Crippen molar-refractivity contribution in [2.45, 2.75) is 18.2 Å². The summed E-state index contributed by atoms with van der Waals surface area (Å²) in [7, 11) is -3.36. The Labute approximate surface area is 127 Å². The second kappa shape index (κ2) is 7.42. The minimum atomic E-state index is -3.36. The van der Waals surface area contributed by atoms with E-state index in [4.69, 9.17) is 16.3 Å². The van der Waals surface area contributed by atoms with Crippen molar-refractivity contribution in [3.8, 4) is 0 Å². The number of rotatable bonds is 6. The van der Waals surface area contributed by atoms with Crippen LogP contribution in [-0.4, -0.2) is 39.8 Å². The van der Waals surface area contributed by atoms with E-state index in [1.54, 1.807) is 6.92 Å². The van der Waals surface area contributed by atoms with Crippen LogP contribution < -0.4 is 0 Å². The maximum Gasteiger partial charge on any atom is 0.344 e. The predicted octanol–water partition coefficient (Wildman–Crippen LogP) is 1.39. The van der Waals surface area contributed by atoms with Crippen LogP contribution in [0.5, 0.6) is 0 Å². The number of carbonyl (C=O) groups is 2. The highest BCUT2D eigenvalue weighted by molar-refractivity contribution is 7.90. The first-order valence-electron chi connectivity index (χ1n) is 6.03. The maximum atomic E-state index is 11.5. The summed E-state index contributed by atoms with van der Waals surface area (Å²) in [5, 5.41) is 0.144. The van der Waals surface area contributed by atoms with Crippen LogP contribution in [0.25, 0.3) is 0 Å². The Morgan fingerprint density at radius 2 is 1.86 bits per heavy atom. The Morgan fingerprint density at radius 1 is 1.19 bits per heavy atom. The summed E-state index contributed by atoms with van der Waals surface area (Å²) in [5.74, 6) is -1.29. The van der Waals surface area contributed by atoms with Crippen molar-refractivity contribution >= 4 is 33.4 Å². The summed E-state index contributed by atoms with van der Waals surface area (Å²) in [5.41, 5.74) is 0.415. The number of hydrogen-bond donors (Lipinski definition) is 0. The molecule has 1 aromatic carbocycles. The van der Waals surface area contributed by atoms with Crippen molar-refractivity contribution in [3.05, 3.63) is 28.8 Å². The monoisotopic (exact) mass is 334 g/mol. The average Bonchev–Trinajstić information content (AvgIpc) is 2.38. The Bertz CT molecular complexity index is 638. The minimum Gasteiger partial charge on any atom is -0.463 e. The van der Waals surface area contributed by atoms with Gasteiger partial charge < -0.3 is 9.47 Å². The lowest BCUT2D eigenvalue weighted by molar-refractivity contribution is -0.158. The molecule has 0 radical (unpaired) electrons. The topological polar surface area (TPSA) is 86.7 Å². The van der Waals surface area contributed by atoms with E-state index in [9.17, 15) is 18.0 Å². The van der Waals surface area contributed by atoms with Crippen molar-refractivity contribution in [1.29, 1.82) is 0 Å². The van der Waals surface area contributed by atoms with Crippen LogP contribution in [0.15, 0.2) is 23.1 Å². The number of halogens is 1. The van der Waals surface area contributed by atoms with Gasteiger partial charge in [-0.15, -0.1) is 0 Å². The van der Waals surface area contributed by atoms with E-state index in [1.807, 2.05) is 0 Å². The van der Waals surface area contributed by atoms with Gasteiger partial charge in [-0.3, -0.25) is 4.79 Å². The van der Waals surface area contributed by atoms with E-state index in [0.717, 1.165) is 6.26 Å². The third kappa shape index (κ3) is 5.73. The number of hydrogen-bond acceptors (Lipinski definition) is 6. The third-order valence-electron chi connectivity index (χ3n) is 2.44. The highest BCUT2D eigenvalue weighted by atomic mass is 35.5. The van der Waals surface area contributed by atoms with Gasteiger partial charge in [0.25, 0.3) is 0 Å². The van der Waals surface area contributed by atoms with Crippen LogP contribution in [0, 0.1) is 0 Å². The molecule has 21 heavy (non-hydrogen) atoms. The number of ether oxygens (including phenoxy) is 2. The molecule has 0 bridgehead atoms. The van der Waals surface area contributed by atoms with Gasteiger partial charge in [0.15, 0.2) is 16.4 Å². The molecule has 1 rings (SSSR count). The molecule has 1 aromatic rings. The van der Waals surface area contributed by atoms with Gasteiger partial charge in [-0.1, -0.05) is 17.7 Å². The molecule has 0 atom stereocenters. The van der Waals surface area contributed by atoms with E-state index in [-0.39, 0.29) is 22.9 Å². The highest BCUT2D eigenvalue weighted by Gasteiger charge is 2.14. The van der Waals surface area contributed by atoms with Crippen LogP contribution in [0.3, 0.4) is 0 Å². The zero-order chi connectivity index (χ0) is 16.0. The average molecular weight is 335 g/mol. The fourth-order valence-corrected chi connectivity index (χ4v) is 2.41. The van der Waals surface area contributed by atoms with E-state index in [2.05, 4.69) is 4.74 Å². The molecule has 0 aliphatic heterocycles. The zero-order valence-electron chi connectivity index (χ0n) is 11.6. The molecule has 0 aromatic heterocycles. The van der Waals surface area contributed by atoms with E-state index < -0.39 is 28.4 Å². The first-order valence-corrected chi connectivity index (χ1v) is 8.30. The van der Waals surface area contributed by atoms with Crippen LogP contribution in [0.4, 0.5) is 0 Å². The molecule has 0 heterocycles. The molecule has 0 saturated carbocycles. The first kappa shape index (κ1) is 17.5. The molecule has 0 unspecified atom stereocenters. The zero-order valence-corrected chi connectivity index (χ0v) is 13.2. The SMILES string of the molecule is CCOC(=O)COC(=O)Cc1ccc(S(C)(=O)=O)cc1Cl. The van der Waals surface area contributed by atoms with Crippen molar-refractivity contribution in [2.24, 2.45) is 0 Å². The molecule has 0 fully saturated rings. The molecule has 0 saturated heterocycles. The highest BCUT2D eigenvalue weighted by Crippen LogP contribution is 2.21. The van der Waals surface area contributed by atoms with Gasteiger partial charge >= 0.3 is 11.9 Å². The Hall–Kier alpha value is -1.60. The minimum absolute atomic E-state index is 0.0659. The van der Waals surface area contributed by atoms with Crippen molar-refractivity contribution in [1.82, 2.24) is 0 Å². The van der Waals surface area contributed by atoms with E-state index >= 15 is 0 Å². The fourth-order valence-electron chi connectivity index (χ4n) is 1.45. The number of benzene rings is 1. The van der Waals surface area contributed by atoms with Gasteiger partial charge in [0.2, 0.25) is 0 Å². The number of esters is 2. The molecule has 8 heteroatoms. The third-order valence-corrected chi connectivity index (χ3v) is 3.91. The molecule has 0 amide bonds. The molecular formula is C13H15ClO6S. The summed E-state index contributed by atoms with van der Waals surface area (Å²) >= 11 is 5.93. The lowest BCUT2D eigenvalue weighted by atomic mass is 10.1. The van der Waals surface area contributed by atoms with Gasteiger partial charge in [0.05, 0.1) is 17.9 Å². The fraction of sp³-hybridized carbons (Fsp3) is 0.385. The summed E-state index contributed by atoms with van der Waals surface area (Å²) in [6.45, 7) is 1.38.